The van der Waals surface area contributed by atoms with Crippen LogP contribution in [0, 0.1) is 6.92 Å². The molecule has 0 aliphatic carbocycles. The van der Waals surface area contributed by atoms with Gasteiger partial charge in [-0.1, -0.05) is 24.3 Å². The molecule has 2 aromatic rings. The van der Waals surface area contributed by atoms with E-state index in [9.17, 15) is 5.11 Å². The zero-order valence-electron chi connectivity index (χ0n) is 9.78. The van der Waals surface area contributed by atoms with Gasteiger partial charge in [-0.2, -0.15) is 5.10 Å². The molecule has 2 rings (SSSR count). The molecular formula is C13H16N2O. The number of aromatic amines is 1. The van der Waals surface area contributed by atoms with E-state index < -0.39 is 5.60 Å². The lowest BCUT2D eigenvalue weighted by molar-refractivity contribution is 0.0792. The van der Waals surface area contributed by atoms with Crippen LogP contribution < -0.4 is 0 Å². The van der Waals surface area contributed by atoms with Crippen LogP contribution in [0.3, 0.4) is 0 Å². The van der Waals surface area contributed by atoms with E-state index in [4.69, 9.17) is 0 Å². The minimum atomic E-state index is -0.858. The lowest BCUT2D eigenvalue weighted by atomic mass is 9.92. The van der Waals surface area contributed by atoms with Gasteiger partial charge < -0.3 is 5.11 Å². The highest BCUT2D eigenvalue weighted by Gasteiger charge is 2.20. The molecular weight excluding hydrogens is 200 g/mol. The van der Waals surface area contributed by atoms with Gasteiger partial charge >= 0.3 is 0 Å². The third kappa shape index (κ3) is 1.99. The summed E-state index contributed by atoms with van der Waals surface area (Å²) in [6, 6.07) is 9.76. The molecule has 1 aromatic heterocycles. The number of hydrogen-bond donors (Lipinski definition) is 2. The van der Waals surface area contributed by atoms with Crippen molar-refractivity contribution < 1.29 is 5.11 Å². The number of aliphatic hydroxyl groups is 1. The number of benzene rings is 1. The van der Waals surface area contributed by atoms with Crippen molar-refractivity contribution in [3.05, 3.63) is 41.6 Å². The van der Waals surface area contributed by atoms with Crippen molar-refractivity contribution in [1.82, 2.24) is 10.2 Å². The van der Waals surface area contributed by atoms with Gasteiger partial charge in [-0.25, -0.2) is 0 Å². The Kier molecular flexibility index (Phi) is 2.56. The Balaban J connectivity index is 2.57. The monoisotopic (exact) mass is 216 g/mol. The van der Waals surface area contributed by atoms with E-state index in [-0.39, 0.29) is 0 Å². The van der Waals surface area contributed by atoms with Crippen LogP contribution in [0.2, 0.25) is 0 Å². The minimum absolute atomic E-state index is 0.858. The first kappa shape index (κ1) is 10.9. The molecule has 0 fully saturated rings. The standard InChI is InChI=1S/C13H16N2O/c1-9-8-12(15-14-9)10-6-4-5-7-11(10)13(2,3)16/h4-8,16H,1-3H3,(H,14,15). The van der Waals surface area contributed by atoms with Gasteiger partial charge in [0, 0.05) is 11.3 Å². The lowest BCUT2D eigenvalue weighted by Gasteiger charge is -2.20. The Morgan fingerprint density at radius 3 is 2.50 bits per heavy atom. The second-order valence-electron chi connectivity index (χ2n) is 4.54. The molecule has 0 saturated heterocycles. The molecule has 0 unspecified atom stereocenters. The molecule has 0 bridgehead atoms. The molecule has 3 nitrogen and oxygen atoms in total. The first-order valence-electron chi connectivity index (χ1n) is 5.33. The highest BCUT2D eigenvalue weighted by Crippen LogP contribution is 2.30. The topological polar surface area (TPSA) is 48.9 Å². The van der Waals surface area contributed by atoms with Crippen LogP contribution in [0.5, 0.6) is 0 Å². The molecule has 3 heteroatoms. The van der Waals surface area contributed by atoms with Gasteiger partial charge in [-0.05, 0) is 32.4 Å². The average Bonchev–Trinajstić information content (AvgIpc) is 2.64. The predicted molar refractivity (Wildman–Crippen MR) is 64.0 cm³/mol. The van der Waals surface area contributed by atoms with Crippen molar-refractivity contribution in [2.45, 2.75) is 26.4 Å². The van der Waals surface area contributed by atoms with Gasteiger partial charge in [0.2, 0.25) is 0 Å². The summed E-state index contributed by atoms with van der Waals surface area (Å²) in [4.78, 5) is 0. The summed E-state index contributed by atoms with van der Waals surface area (Å²) >= 11 is 0. The largest absolute Gasteiger partial charge is 0.386 e. The molecule has 84 valence electrons. The Hall–Kier alpha value is -1.61. The molecule has 1 heterocycles. The Morgan fingerprint density at radius 2 is 1.94 bits per heavy atom. The fraction of sp³-hybridized carbons (Fsp3) is 0.308. The Labute approximate surface area is 95.1 Å². The zero-order chi connectivity index (χ0) is 11.8. The van der Waals surface area contributed by atoms with Gasteiger partial charge in [0.15, 0.2) is 0 Å². The van der Waals surface area contributed by atoms with Crippen LogP contribution in [0.15, 0.2) is 30.3 Å². The van der Waals surface area contributed by atoms with Gasteiger partial charge in [-0.15, -0.1) is 0 Å². The van der Waals surface area contributed by atoms with Gasteiger partial charge in [0.1, 0.15) is 0 Å². The summed E-state index contributed by atoms with van der Waals surface area (Å²) in [6.07, 6.45) is 0. The first-order valence-corrected chi connectivity index (χ1v) is 5.33. The molecule has 1 aromatic carbocycles. The molecule has 0 aliphatic rings. The number of aromatic nitrogens is 2. The van der Waals surface area contributed by atoms with E-state index in [1.807, 2.05) is 37.3 Å². The summed E-state index contributed by atoms with van der Waals surface area (Å²) in [5.41, 5.74) is 2.89. The maximum Gasteiger partial charge on any atom is 0.0927 e. The summed E-state index contributed by atoms with van der Waals surface area (Å²) < 4.78 is 0. The van der Waals surface area contributed by atoms with E-state index in [0.717, 1.165) is 22.5 Å². The molecule has 0 aliphatic heterocycles. The normalized spacial score (nSPS) is 11.8. The van der Waals surface area contributed by atoms with Gasteiger partial charge in [-0.3, -0.25) is 5.10 Å². The molecule has 16 heavy (non-hydrogen) atoms. The quantitative estimate of drug-likeness (QED) is 0.810. The average molecular weight is 216 g/mol. The SMILES string of the molecule is Cc1cc(-c2ccccc2C(C)(C)O)n[nH]1. The number of aryl methyl sites for hydroxylation is 1. The summed E-state index contributed by atoms with van der Waals surface area (Å²) in [7, 11) is 0. The predicted octanol–water partition coefficient (Wildman–Crippen LogP) is 2.61. The van der Waals surface area contributed by atoms with E-state index in [2.05, 4.69) is 10.2 Å². The molecule has 2 N–H and O–H groups in total. The number of nitrogens with one attached hydrogen (secondary N) is 1. The third-order valence-electron chi connectivity index (χ3n) is 2.57. The van der Waals surface area contributed by atoms with Gasteiger partial charge in [0.25, 0.3) is 0 Å². The molecule has 0 radical (unpaired) electrons. The fourth-order valence-electron chi connectivity index (χ4n) is 1.80. The Bertz CT molecular complexity index is 495. The van der Waals surface area contributed by atoms with Crippen LogP contribution >= 0.6 is 0 Å². The lowest BCUT2D eigenvalue weighted by Crippen LogP contribution is -2.16. The van der Waals surface area contributed by atoms with Crippen LogP contribution in [-0.2, 0) is 5.60 Å². The molecule has 0 saturated carbocycles. The number of nitrogens with zero attached hydrogens (tertiary/aromatic N) is 1. The number of rotatable bonds is 2. The van der Waals surface area contributed by atoms with Crippen LogP contribution in [0.25, 0.3) is 11.3 Å². The van der Waals surface area contributed by atoms with Crippen LogP contribution in [0.4, 0.5) is 0 Å². The van der Waals surface area contributed by atoms with Crippen molar-refractivity contribution in [3.8, 4) is 11.3 Å². The summed E-state index contributed by atoms with van der Waals surface area (Å²) in [6.45, 7) is 5.53. The smallest absolute Gasteiger partial charge is 0.0927 e. The van der Waals surface area contributed by atoms with Crippen molar-refractivity contribution in [2.75, 3.05) is 0 Å². The second-order valence-corrected chi connectivity index (χ2v) is 4.54. The van der Waals surface area contributed by atoms with E-state index >= 15 is 0 Å². The van der Waals surface area contributed by atoms with Crippen molar-refractivity contribution in [1.29, 1.82) is 0 Å². The maximum absolute atomic E-state index is 10.1. The zero-order valence-corrected chi connectivity index (χ0v) is 9.78. The van der Waals surface area contributed by atoms with Crippen LogP contribution in [0.1, 0.15) is 25.1 Å². The van der Waals surface area contributed by atoms with E-state index in [1.54, 1.807) is 13.8 Å². The van der Waals surface area contributed by atoms with Crippen molar-refractivity contribution >= 4 is 0 Å². The number of hydrogen-bond acceptors (Lipinski definition) is 2. The molecule has 0 atom stereocenters. The fourth-order valence-corrected chi connectivity index (χ4v) is 1.80. The highest BCUT2D eigenvalue weighted by atomic mass is 16.3. The van der Waals surface area contributed by atoms with Crippen molar-refractivity contribution in [2.24, 2.45) is 0 Å². The third-order valence-corrected chi connectivity index (χ3v) is 2.57. The van der Waals surface area contributed by atoms with Gasteiger partial charge in [0.05, 0.1) is 11.3 Å². The summed E-state index contributed by atoms with van der Waals surface area (Å²) in [5, 5.41) is 17.2. The number of H-pyrrole nitrogens is 1. The highest BCUT2D eigenvalue weighted by molar-refractivity contribution is 5.65. The summed E-state index contributed by atoms with van der Waals surface area (Å²) in [5.74, 6) is 0. The second kappa shape index (κ2) is 3.76. The molecule has 0 spiro atoms. The van der Waals surface area contributed by atoms with Crippen LogP contribution in [-0.4, -0.2) is 15.3 Å². The van der Waals surface area contributed by atoms with E-state index in [0.29, 0.717) is 0 Å². The Morgan fingerprint density at radius 1 is 1.25 bits per heavy atom. The molecule has 0 amide bonds. The first-order chi connectivity index (χ1) is 7.48. The minimum Gasteiger partial charge on any atom is -0.386 e. The van der Waals surface area contributed by atoms with Crippen molar-refractivity contribution in [3.63, 3.8) is 0 Å². The van der Waals surface area contributed by atoms with E-state index in [1.165, 1.54) is 0 Å². The maximum atomic E-state index is 10.1.